The van der Waals surface area contributed by atoms with Crippen LogP contribution in [0.15, 0.2) is 5.16 Å². The van der Waals surface area contributed by atoms with Gasteiger partial charge in [-0.25, -0.2) is 9.97 Å². The van der Waals surface area contributed by atoms with E-state index in [1.54, 1.807) is 0 Å². The Morgan fingerprint density at radius 2 is 1.84 bits per heavy atom. The first-order valence-corrected chi connectivity index (χ1v) is 8.50. The molecule has 1 aromatic heterocycles. The van der Waals surface area contributed by atoms with Crippen molar-refractivity contribution in [3.63, 3.8) is 0 Å². The van der Waals surface area contributed by atoms with Gasteiger partial charge in [0.15, 0.2) is 5.16 Å². The lowest BCUT2D eigenvalue weighted by atomic mass is 9.94. The van der Waals surface area contributed by atoms with Gasteiger partial charge >= 0.3 is 0 Å². The normalized spacial score (nSPS) is 16.9. The van der Waals surface area contributed by atoms with E-state index < -0.39 is 6.10 Å². The highest BCUT2D eigenvalue weighted by Gasteiger charge is 2.28. The monoisotopic (exact) mass is 302 g/mol. The Hall–Kier alpha value is -0.320. The van der Waals surface area contributed by atoms with Crippen molar-refractivity contribution in [3.05, 3.63) is 16.4 Å². The molecule has 0 saturated heterocycles. The summed E-state index contributed by atoms with van der Waals surface area (Å²) in [4.78, 5) is 8.55. The smallest absolute Gasteiger partial charge is 0.188 e. The van der Waals surface area contributed by atoms with Crippen molar-refractivity contribution < 1.29 is 5.11 Å². The minimum absolute atomic E-state index is 0.315. The summed E-state index contributed by atoms with van der Waals surface area (Å²) >= 11 is 7.62. The van der Waals surface area contributed by atoms with E-state index in [1.165, 1.54) is 24.6 Å². The molecule has 0 spiro atoms. The molecule has 108 valence electrons. The summed E-state index contributed by atoms with van der Waals surface area (Å²) in [6, 6.07) is 0. The predicted octanol–water partition coefficient (Wildman–Crippen LogP) is 4.41. The average molecular weight is 303 g/mol. The second-order valence-electron chi connectivity index (χ2n) is 4.49. The second-order valence-corrected chi connectivity index (χ2v) is 5.62. The summed E-state index contributed by atoms with van der Waals surface area (Å²) < 4.78 is 0. The summed E-state index contributed by atoms with van der Waals surface area (Å²) in [5.74, 6) is 0.315. The minimum atomic E-state index is -0.513. The first-order valence-electron chi connectivity index (χ1n) is 6.89. The highest BCUT2D eigenvalue weighted by atomic mass is 35.5. The molecule has 3 nitrogen and oxygen atoms in total. The number of aryl methyl sites for hydroxylation is 1. The zero-order valence-corrected chi connectivity index (χ0v) is 13.7. The fourth-order valence-electron chi connectivity index (χ4n) is 2.46. The van der Waals surface area contributed by atoms with Crippen LogP contribution in [-0.4, -0.2) is 21.3 Å². The van der Waals surface area contributed by atoms with E-state index in [0.717, 1.165) is 24.1 Å². The fourth-order valence-corrected chi connectivity index (χ4v) is 3.25. The zero-order chi connectivity index (χ0) is 14.4. The Kier molecular flexibility index (Phi) is 7.11. The first-order chi connectivity index (χ1) is 9.13. The Morgan fingerprint density at radius 3 is 2.32 bits per heavy atom. The predicted molar refractivity (Wildman–Crippen MR) is 81.8 cm³/mol. The maximum Gasteiger partial charge on any atom is 0.188 e. The van der Waals surface area contributed by atoms with Crippen LogP contribution in [0.5, 0.6) is 0 Å². The standard InChI is InChI=1S/C12H17ClN2OS.C2H6/c1-7-9(10(16)8-5-3-4-6-8)11(13)15-12(14-7)17-2;1-2/h8,10,16H,3-6H2,1-2H3;1-2H3. The molecule has 1 aromatic rings. The van der Waals surface area contributed by atoms with E-state index in [-0.39, 0.29) is 0 Å². The van der Waals surface area contributed by atoms with Gasteiger partial charge in [0.1, 0.15) is 5.15 Å². The Balaban J connectivity index is 0.000000861. The maximum absolute atomic E-state index is 10.4. The van der Waals surface area contributed by atoms with E-state index in [4.69, 9.17) is 11.6 Å². The number of halogens is 1. The molecule has 1 heterocycles. The molecule has 0 radical (unpaired) electrons. The Bertz CT molecular complexity index is 385. The lowest BCUT2D eigenvalue weighted by Gasteiger charge is -2.20. The van der Waals surface area contributed by atoms with Crippen LogP contribution < -0.4 is 0 Å². The summed E-state index contributed by atoms with van der Waals surface area (Å²) in [6.45, 7) is 5.89. The third kappa shape index (κ3) is 4.07. The molecule has 0 bridgehead atoms. The summed E-state index contributed by atoms with van der Waals surface area (Å²) in [6.07, 6.45) is 5.94. The number of aliphatic hydroxyl groups is 1. The van der Waals surface area contributed by atoms with Gasteiger partial charge in [-0.1, -0.05) is 50.1 Å². The largest absolute Gasteiger partial charge is 0.388 e. The minimum Gasteiger partial charge on any atom is -0.388 e. The van der Waals surface area contributed by atoms with Gasteiger partial charge in [-0.05, 0) is 31.9 Å². The van der Waals surface area contributed by atoms with Crippen LogP contribution in [0.4, 0.5) is 0 Å². The molecular formula is C14H23ClN2OS. The van der Waals surface area contributed by atoms with Crippen LogP contribution in [0, 0.1) is 12.8 Å². The molecule has 5 heteroatoms. The number of hydrogen-bond acceptors (Lipinski definition) is 4. The third-order valence-electron chi connectivity index (χ3n) is 3.39. The Morgan fingerprint density at radius 1 is 1.26 bits per heavy atom. The third-order valence-corrected chi connectivity index (χ3v) is 4.23. The summed E-state index contributed by atoms with van der Waals surface area (Å²) in [5, 5.41) is 11.4. The Labute approximate surface area is 125 Å². The number of aliphatic hydroxyl groups excluding tert-OH is 1. The van der Waals surface area contributed by atoms with E-state index in [2.05, 4.69) is 9.97 Å². The van der Waals surface area contributed by atoms with Crippen molar-refractivity contribution in [2.75, 3.05) is 6.26 Å². The van der Waals surface area contributed by atoms with Gasteiger partial charge < -0.3 is 5.11 Å². The number of nitrogens with zero attached hydrogens (tertiary/aromatic N) is 2. The van der Waals surface area contributed by atoms with E-state index in [9.17, 15) is 5.11 Å². The van der Waals surface area contributed by atoms with Crippen LogP contribution >= 0.6 is 23.4 Å². The summed E-state index contributed by atoms with van der Waals surface area (Å²) in [7, 11) is 0. The highest BCUT2D eigenvalue weighted by Crippen LogP contribution is 2.38. The van der Waals surface area contributed by atoms with E-state index in [1.807, 2.05) is 27.0 Å². The summed E-state index contributed by atoms with van der Waals surface area (Å²) in [5.41, 5.74) is 1.52. The number of rotatable bonds is 3. The molecule has 1 aliphatic rings. The molecule has 2 rings (SSSR count). The number of hydrogen-bond donors (Lipinski definition) is 1. The van der Waals surface area contributed by atoms with E-state index >= 15 is 0 Å². The van der Waals surface area contributed by atoms with Crippen molar-refractivity contribution in [2.45, 2.75) is 57.7 Å². The second kappa shape index (κ2) is 8.08. The van der Waals surface area contributed by atoms with Crippen LogP contribution in [0.3, 0.4) is 0 Å². The van der Waals surface area contributed by atoms with Gasteiger partial charge in [-0.2, -0.15) is 0 Å². The van der Waals surface area contributed by atoms with Crippen LogP contribution in [0.2, 0.25) is 5.15 Å². The van der Waals surface area contributed by atoms with Crippen molar-refractivity contribution in [1.82, 2.24) is 9.97 Å². The molecule has 1 unspecified atom stereocenters. The SMILES string of the molecule is CC.CSc1nc(C)c(C(O)C2CCCC2)c(Cl)n1. The topological polar surface area (TPSA) is 46.0 Å². The molecular weight excluding hydrogens is 280 g/mol. The van der Waals surface area contributed by atoms with E-state index in [0.29, 0.717) is 16.2 Å². The van der Waals surface area contributed by atoms with Gasteiger partial charge in [-0.15, -0.1) is 0 Å². The fraction of sp³-hybridized carbons (Fsp3) is 0.714. The molecule has 1 aliphatic carbocycles. The van der Waals surface area contributed by atoms with Crippen LogP contribution in [0.1, 0.15) is 56.9 Å². The van der Waals surface area contributed by atoms with Crippen LogP contribution in [0.25, 0.3) is 0 Å². The van der Waals surface area contributed by atoms with Crippen LogP contribution in [-0.2, 0) is 0 Å². The van der Waals surface area contributed by atoms with Crippen molar-refractivity contribution in [3.8, 4) is 0 Å². The molecule has 1 atom stereocenters. The lowest BCUT2D eigenvalue weighted by Crippen LogP contribution is -2.13. The molecule has 1 fully saturated rings. The van der Waals surface area contributed by atoms with Gasteiger partial charge in [0.05, 0.1) is 6.10 Å². The highest BCUT2D eigenvalue weighted by molar-refractivity contribution is 7.98. The quantitative estimate of drug-likeness (QED) is 0.510. The molecule has 0 aromatic carbocycles. The van der Waals surface area contributed by atoms with Gasteiger partial charge in [0, 0.05) is 11.3 Å². The van der Waals surface area contributed by atoms with Crippen molar-refractivity contribution in [2.24, 2.45) is 5.92 Å². The van der Waals surface area contributed by atoms with Gasteiger partial charge in [-0.3, -0.25) is 0 Å². The molecule has 1 saturated carbocycles. The molecule has 1 N–H and O–H groups in total. The average Bonchev–Trinajstić information content (AvgIpc) is 2.94. The first kappa shape index (κ1) is 16.7. The van der Waals surface area contributed by atoms with Gasteiger partial charge in [0.2, 0.25) is 0 Å². The molecule has 0 amide bonds. The lowest BCUT2D eigenvalue weighted by molar-refractivity contribution is 0.110. The number of aromatic nitrogens is 2. The molecule has 19 heavy (non-hydrogen) atoms. The number of thioether (sulfide) groups is 1. The molecule has 0 aliphatic heterocycles. The van der Waals surface area contributed by atoms with Gasteiger partial charge in [0.25, 0.3) is 0 Å². The maximum atomic E-state index is 10.4. The zero-order valence-electron chi connectivity index (χ0n) is 12.1. The van der Waals surface area contributed by atoms with Crippen molar-refractivity contribution in [1.29, 1.82) is 0 Å². The van der Waals surface area contributed by atoms with Crippen molar-refractivity contribution >= 4 is 23.4 Å².